The molecule has 0 bridgehead atoms. The number of carbonyl (C=O) groups is 1. The molecule has 0 N–H and O–H groups in total. The fourth-order valence-corrected chi connectivity index (χ4v) is 1.90. The maximum atomic E-state index is 11.3. The summed E-state index contributed by atoms with van der Waals surface area (Å²) in [7, 11) is 2.96. The second-order valence-corrected chi connectivity index (χ2v) is 4.03. The van der Waals surface area contributed by atoms with Gasteiger partial charge in [-0.25, -0.2) is 9.78 Å². The molecule has 1 aromatic rings. The standard InChI is InChI=1S/C10H13NO3S/c1-7-11-9(10(12)14-3)8(15-7)5-4-6-13-2/h4-5H,6H2,1-3H3/b5-4+. The van der Waals surface area contributed by atoms with Crippen LogP contribution >= 0.6 is 11.3 Å². The molecule has 0 spiro atoms. The Bertz CT molecular complexity index is 371. The van der Waals surface area contributed by atoms with Gasteiger partial charge in [0.1, 0.15) is 0 Å². The van der Waals surface area contributed by atoms with Gasteiger partial charge in [0, 0.05) is 7.11 Å². The van der Waals surface area contributed by atoms with Crippen molar-refractivity contribution in [3.63, 3.8) is 0 Å². The van der Waals surface area contributed by atoms with Gasteiger partial charge in [-0.3, -0.25) is 0 Å². The molecule has 82 valence electrons. The largest absolute Gasteiger partial charge is 0.464 e. The molecule has 1 rings (SSSR count). The van der Waals surface area contributed by atoms with Gasteiger partial charge in [0.25, 0.3) is 0 Å². The van der Waals surface area contributed by atoms with Crippen LogP contribution < -0.4 is 0 Å². The Labute approximate surface area is 92.5 Å². The average Bonchev–Trinajstić information content (AvgIpc) is 2.59. The molecule has 0 amide bonds. The second kappa shape index (κ2) is 5.63. The molecule has 0 radical (unpaired) electrons. The van der Waals surface area contributed by atoms with Crippen LogP contribution in [0.15, 0.2) is 6.08 Å². The molecule has 1 heterocycles. The van der Waals surface area contributed by atoms with Crippen molar-refractivity contribution < 1.29 is 14.3 Å². The molecular weight excluding hydrogens is 214 g/mol. The number of carbonyl (C=O) groups excluding carboxylic acids is 1. The number of nitrogens with zero attached hydrogens (tertiary/aromatic N) is 1. The lowest BCUT2D eigenvalue weighted by Crippen LogP contribution is -2.03. The monoisotopic (exact) mass is 227 g/mol. The summed E-state index contributed by atoms with van der Waals surface area (Å²) in [6.45, 7) is 2.36. The van der Waals surface area contributed by atoms with Crippen LogP contribution in [0.2, 0.25) is 0 Å². The number of methoxy groups -OCH3 is 2. The third kappa shape index (κ3) is 3.14. The van der Waals surface area contributed by atoms with Gasteiger partial charge in [0.15, 0.2) is 5.69 Å². The third-order valence-electron chi connectivity index (χ3n) is 1.67. The lowest BCUT2D eigenvalue weighted by atomic mass is 10.3. The minimum atomic E-state index is -0.406. The van der Waals surface area contributed by atoms with Gasteiger partial charge in [0.2, 0.25) is 0 Å². The van der Waals surface area contributed by atoms with Crippen LogP contribution in [0, 0.1) is 6.92 Å². The number of aromatic nitrogens is 1. The van der Waals surface area contributed by atoms with Gasteiger partial charge >= 0.3 is 5.97 Å². The Morgan fingerprint density at radius 1 is 1.53 bits per heavy atom. The zero-order valence-corrected chi connectivity index (χ0v) is 9.76. The Hall–Kier alpha value is -1.20. The third-order valence-corrected chi connectivity index (χ3v) is 2.61. The smallest absolute Gasteiger partial charge is 0.358 e. The van der Waals surface area contributed by atoms with E-state index in [9.17, 15) is 4.79 Å². The minimum absolute atomic E-state index is 0.368. The van der Waals surface area contributed by atoms with Gasteiger partial charge in [0.05, 0.1) is 23.6 Å². The van der Waals surface area contributed by atoms with Crippen molar-refractivity contribution in [2.75, 3.05) is 20.8 Å². The highest BCUT2D eigenvalue weighted by Crippen LogP contribution is 2.20. The van der Waals surface area contributed by atoms with E-state index in [2.05, 4.69) is 9.72 Å². The Morgan fingerprint density at radius 2 is 2.27 bits per heavy atom. The quantitative estimate of drug-likeness (QED) is 0.737. The number of aryl methyl sites for hydroxylation is 1. The first-order chi connectivity index (χ1) is 7.19. The lowest BCUT2D eigenvalue weighted by Gasteiger charge is -1.95. The van der Waals surface area contributed by atoms with Gasteiger partial charge in [-0.1, -0.05) is 6.08 Å². The van der Waals surface area contributed by atoms with E-state index >= 15 is 0 Å². The normalized spacial score (nSPS) is 10.9. The van der Waals surface area contributed by atoms with Crippen LogP contribution in [0.4, 0.5) is 0 Å². The number of hydrogen-bond donors (Lipinski definition) is 0. The van der Waals surface area contributed by atoms with Gasteiger partial charge in [-0.2, -0.15) is 0 Å². The van der Waals surface area contributed by atoms with Crippen LogP contribution in [0.5, 0.6) is 0 Å². The van der Waals surface area contributed by atoms with Crippen molar-refractivity contribution in [2.24, 2.45) is 0 Å². The predicted molar refractivity (Wildman–Crippen MR) is 59.1 cm³/mol. The zero-order chi connectivity index (χ0) is 11.3. The first-order valence-electron chi connectivity index (χ1n) is 4.40. The van der Waals surface area contributed by atoms with Gasteiger partial charge in [-0.15, -0.1) is 11.3 Å². The fraction of sp³-hybridized carbons (Fsp3) is 0.400. The maximum Gasteiger partial charge on any atom is 0.358 e. The molecule has 0 saturated carbocycles. The van der Waals surface area contributed by atoms with Crippen molar-refractivity contribution in [2.45, 2.75) is 6.92 Å². The second-order valence-electron chi connectivity index (χ2n) is 2.80. The first-order valence-corrected chi connectivity index (χ1v) is 5.22. The maximum absolute atomic E-state index is 11.3. The summed E-state index contributed by atoms with van der Waals surface area (Å²) in [5.41, 5.74) is 0.368. The lowest BCUT2D eigenvalue weighted by molar-refractivity contribution is 0.0594. The highest BCUT2D eigenvalue weighted by Gasteiger charge is 2.14. The Balaban J connectivity index is 2.91. The molecule has 0 aliphatic rings. The van der Waals surface area contributed by atoms with E-state index < -0.39 is 5.97 Å². The Kier molecular flexibility index (Phi) is 4.45. The first kappa shape index (κ1) is 11.9. The topological polar surface area (TPSA) is 48.4 Å². The van der Waals surface area contributed by atoms with E-state index in [0.717, 1.165) is 9.88 Å². The van der Waals surface area contributed by atoms with Crippen LogP contribution in [-0.4, -0.2) is 31.8 Å². The molecule has 0 unspecified atom stereocenters. The number of rotatable bonds is 4. The zero-order valence-electron chi connectivity index (χ0n) is 8.94. The molecule has 1 aromatic heterocycles. The predicted octanol–water partition coefficient (Wildman–Crippen LogP) is 1.90. The van der Waals surface area contributed by atoms with Crippen molar-refractivity contribution >= 4 is 23.4 Å². The summed E-state index contributed by atoms with van der Waals surface area (Å²) in [4.78, 5) is 16.3. The average molecular weight is 227 g/mol. The number of hydrogen-bond acceptors (Lipinski definition) is 5. The van der Waals surface area contributed by atoms with E-state index in [0.29, 0.717) is 12.3 Å². The molecule has 4 nitrogen and oxygen atoms in total. The number of ether oxygens (including phenoxy) is 2. The highest BCUT2D eigenvalue weighted by atomic mass is 32.1. The van der Waals surface area contributed by atoms with Crippen LogP contribution in [-0.2, 0) is 9.47 Å². The van der Waals surface area contributed by atoms with Crippen LogP contribution in [0.3, 0.4) is 0 Å². The molecule has 0 aliphatic heterocycles. The van der Waals surface area contributed by atoms with Crippen molar-refractivity contribution in [3.05, 3.63) is 21.7 Å². The van der Waals surface area contributed by atoms with E-state index in [-0.39, 0.29) is 0 Å². The SMILES string of the molecule is COC/C=C/c1sc(C)nc1C(=O)OC. The summed E-state index contributed by atoms with van der Waals surface area (Å²) < 4.78 is 9.51. The van der Waals surface area contributed by atoms with Crippen LogP contribution in [0.25, 0.3) is 6.08 Å². The fourth-order valence-electron chi connectivity index (χ4n) is 1.05. The van der Waals surface area contributed by atoms with Crippen LogP contribution in [0.1, 0.15) is 20.4 Å². The molecule has 0 aliphatic carbocycles. The highest BCUT2D eigenvalue weighted by molar-refractivity contribution is 7.12. The van der Waals surface area contributed by atoms with Crippen molar-refractivity contribution in [1.29, 1.82) is 0 Å². The molecule has 15 heavy (non-hydrogen) atoms. The Morgan fingerprint density at radius 3 is 2.87 bits per heavy atom. The molecule has 0 fully saturated rings. The summed E-state index contributed by atoms with van der Waals surface area (Å²) in [5.74, 6) is -0.406. The van der Waals surface area contributed by atoms with E-state index in [4.69, 9.17) is 4.74 Å². The summed E-state index contributed by atoms with van der Waals surface area (Å²) in [5, 5.41) is 0.840. The number of esters is 1. The van der Waals surface area contributed by atoms with Crippen molar-refractivity contribution in [1.82, 2.24) is 4.98 Å². The summed E-state index contributed by atoms with van der Waals surface area (Å²) in [6.07, 6.45) is 3.65. The van der Waals surface area contributed by atoms with E-state index in [1.54, 1.807) is 7.11 Å². The molecule has 0 saturated heterocycles. The number of thiazole rings is 1. The minimum Gasteiger partial charge on any atom is -0.464 e. The molecule has 0 atom stereocenters. The van der Waals surface area contributed by atoms with E-state index in [1.165, 1.54) is 18.4 Å². The summed E-state index contributed by atoms with van der Waals surface area (Å²) in [6, 6.07) is 0. The van der Waals surface area contributed by atoms with Gasteiger partial charge in [-0.05, 0) is 13.0 Å². The molecule has 0 aromatic carbocycles. The molecule has 5 heteroatoms. The van der Waals surface area contributed by atoms with E-state index in [1.807, 2.05) is 19.1 Å². The summed E-state index contributed by atoms with van der Waals surface area (Å²) >= 11 is 1.45. The van der Waals surface area contributed by atoms with Gasteiger partial charge < -0.3 is 9.47 Å². The van der Waals surface area contributed by atoms with Crippen molar-refractivity contribution in [3.8, 4) is 0 Å². The molecular formula is C10H13NO3S.